The first kappa shape index (κ1) is 22.5. The molecular formula is C20H30O5S. The van der Waals surface area contributed by atoms with Crippen LogP contribution in [0.3, 0.4) is 0 Å². The fourth-order valence-corrected chi connectivity index (χ4v) is 2.72. The van der Waals surface area contributed by atoms with E-state index in [1.165, 1.54) is 12.1 Å². The van der Waals surface area contributed by atoms with Crippen LogP contribution in [0.5, 0.6) is 5.75 Å². The lowest BCUT2D eigenvalue weighted by Crippen LogP contribution is -2.22. The van der Waals surface area contributed by atoms with E-state index in [4.69, 9.17) is 4.74 Å². The first-order valence-electron chi connectivity index (χ1n) is 8.89. The Kier molecular flexibility index (Phi) is 9.16. The quantitative estimate of drug-likeness (QED) is 0.480. The van der Waals surface area contributed by atoms with Crippen LogP contribution < -0.4 is 0 Å². The topological polar surface area (TPSA) is 83.8 Å². The van der Waals surface area contributed by atoms with Crippen molar-refractivity contribution in [3.05, 3.63) is 29.8 Å². The Balaban J connectivity index is 2.39. The third-order valence-corrected chi connectivity index (χ3v) is 4.10. The van der Waals surface area contributed by atoms with E-state index in [2.05, 4.69) is 12.6 Å². The van der Waals surface area contributed by atoms with Gasteiger partial charge in [0.15, 0.2) is 0 Å². The molecule has 0 amide bonds. The third-order valence-electron chi connectivity index (χ3n) is 3.97. The van der Waals surface area contributed by atoms with Gasteiger partial charge in [-0.2, -0.15) is 12.6 Å². The van der Waals surface area contributed by atoms with Crippen LogP contribution in [0.2, 0.25) is 0 Å². The summed E-state index contributed by atoms with van der Waals surface area (Å²) in [4.78, 5) is 23.6. The second-order valence-electron chi connectivity index (χ2n) is 7.62. The van der Waals surface area contributed by atoms with Crippen molar-refractivity contribution in [3.63, 3.8) is 0 Å². The molecule has 2 unspecified atom stereocenters. The Morgan fingerprint density at radius 2 is 1.85 bits per heavy atom. The first-order valence-corrected chi connectivity index (χ1v) is 9.34. The van der Waals surface area contributed by atoms with E-state index < -0.39 is 11.9 Å². The molecule has 0 aliphatic heterocycles. The Morgan fingerprint density at radius 1 is 1.23 bits per heavy atom. The van der Waals surface area contributed by atoms with Gasteiger partial charge in [-0.3, -0.25) is 9.59 Å². The summed E-state index contributed by atoms with van der Waals surface area (Å²) in [6.07, 6.45) is 1.29. The molecular weight excluding hydrogens is 352 g/mol. The van der Waals surface area contributed by atoms with Crippen molar-refractivity contribution in [2.45, 2.75) is 51.2 Å². The number of carbonyl (C=O) groups excluding carboxylic acids is 1. The average Bonchev–Trinajstić information content (AvgIpc) is 2.51. The predicted octanol–water partition coefficient (Wildman–Crippen LogP) is 3.74. The zero-order chi connectivity index (χ0) is 19.7. The lowest BCUT2D eigenvalue weighted by Gasteiger charge is -2.19. The molecule has 0 aliphatic carbocycles. The number of ether oxygens (including phenoxy) is 1. The van der Waals surface area contributed by atoms with Crippen LogP contribution in [0.4, 0.5) is 0 Å². The van der Waals surface area contributed by atoms with Gasteiger partial charge in [-0.05, 0) is 50.3 Å². The first-order chi connectivity index (χ1) is 12.1. The van der Waals surface area contributed by atoms with E-state index in [9.17, 15) is 19.8 Å². The van der Waals surface area contributed by atoms with Crippen molar-refractivity contribution in [1.82, 2.24) is 0 Å². The minimum atomic E-state index is -0.904. The molecule has 0 saturated heterocycles. The second kappa shape index (κ2) is 10.6. The summed E-state index contributed by atoms with van der Waals surface area (Å²) in [5.41, 5.74) is 0.832. The van der Waals surface area contributed by atoms with Crippen LogP contribution in [0.15, 0.2) is 24.3 Å². The largest absolute Gasteiger partial charge is 0.508 e. The number of phenols is 1. The number of hydrogen-bond donors (Lipinski definition) is 3. The average molecular weight is 383 g/mol. The molecule has 1 aromatic rings. The van der Waals surface area contributed by atoms with Crippen LogP contribution in [0, 0.1) is 11.8 Å². The lowest BCUT2D eigenvalue weighted by molar-refractivity contribution is -0.142. The smallest absolute Gasteiger partial charge is 0.306 e. The Bertz CT molecular complexity index is 577. The third kappa shape index (κ3) is 9.82. The molecule has 0 aromatic heterocycles. The number of carboxylic acid groups (broad SMARTS) is 1. The van der Waals surface area contributed by atoms with Crippen LogP contribution in [0.1, 0.15) is 45.6 Å². The fraction of sp³-hybridized carbons (Fsp3) is 0.600. The monoisotopic (exact) mass is 382 g/mol. The summed E-state index contributed by atoms with van der Waals surface area (Å²) in [6.45, 7) is 6.89. The molecule has 1 rings (SSSR count). The summed E-state index contributed by atoms with van der Waals surface area (Å²) in [5, 5.41) is 18.7. The summed E-state index contributed by atoms with van der Waals surface area (Å²) < 4.78 is 5.37. The molecule has 0 heterocycles. The predicted molar refractivity (Wildman–Crippen MR) is 105 cm³/mol. The Morgan fingerprint density at radius 3 is 2.38 bits per heavy atom. The van der Waals surface area contributed by atoms with Gasteiger partial charge >= 0.3 is 5.97 Å². The molecule has 0 aliphatic rings. The highest BCUT2D eigenvalue weighted by atomic mass is 32.1. The highest BCUT2D eigenvalue weighted by Gasteiger charge is 2.20. The molecule has 2 N–H and O–H groups in total. The number of hydrogen-bond acceptors (Lipinski definition) is 5. The molecule has 0 saturated carbocycles. The van der Waals surface area contributed by atoms with E-state index >= 15 is 0 Å². The summed E-state index contributed by atoms with van der Waals surface area (Å²) in [7, 11) is 0. The molecule has 2 atom stereocenters. The van der Waals surface area contributed by atoms with Gasteiger partial charge in [0.25, 0.3) is 0 Å². The Hall–Kier alpha value is -1.53. The van der Waals surface area contributed by atoms with Gasteiger partial charge in [0.2, 0.25) is 0 Å². The van der Waals surface area contributed by atoms with Gasteiger partial charge in [0.1, 0.15) is 11.5 Å². The van der Waals surface area contributed by atoms with E-state index in [1.807, 2.05) is 20.8 Å². The highest BCUT2D eigenvalue weighted by Crippen LogP contribution is 2.19. The van der Waals surface area contributed by atoms with Crippen LogP contribution >= 0.6 is 12.6 Å². The summed E-state index contributed by atoms with van der Waals surface area (Å²) in [6, 6.07) is 6.48. The minimum Gasteiger partial charge on any atom is -0.508 e. The molecule has 0 bridgehead atoms. The van der Waals surface area contributed by atoms with Gasteiger partial charge in [-0.15, -0.1) is 0 Å². The lowest BCUT2D eigenvalue weighted by atomic mass is 9.92. The van der Waals surface area contributed by atoms with E-state index in [0.29, 0.717) is 32.5 Å². The van der Waals surface area contributed by atoms with Gasteiger partial charge < -0.3 is 14.9 Å². The Labute approximate surface area is 161 Å². The van der Waals surface area contributed by atoms with Gasteiger partial charge in [-0.1, -0.05) is 19.1 Å². The number of benzene rings is 1. The molecule has 146 valence electrons. The number of thiol groups is 1. The molecule has 6 heteroatoms. The van der Waals surface area contributed by atoms with Gasteiger partial charge in [0.05, 0.1) is 12.5 Å². The van der Waals surface area contributed by atoms with Crippen molar-refractivity contribution in [2.24, 2.45) is 11.8 Å². The number of phenolic OH excluding ortho intramolecular Hbond substituents is 1. The van der Waals surface area contributed by atoms with Crippen LogP contribution in [-0.2, 0) is 20.7 Å². The van der Waals surface area contributed by atoms with Gasteiger partial charge in [0, 0.05) is 24.2 Å². The number of carboxylic acids is 1. The second-order valence-corrected chi connectivity index (χ2v) is 8.83. The molecule has 0 spiro atoms. The number of ketones is 1. The fourth-order valence-electron chi connectivity index (χ4n) is 2.62. The van der Waals surface area contributed by atoms with Gasteiger partial charge in [-0.25, -0.2) is 0 Å². The standard InChI is InChI=1S/C20H30O5S/c1-14(12-25-13-20(2,3)26)10-18(22)9-6-16(19(23)24)11-15-4-7-17(21)8-5-15/h4-5,7-8,14,16,21,26H,6,9-13H2,1-3H3,(H,23,24). The van der Waals surface area contributed by atoms with E-state index in [1.54, 1.807) is 12.1 Å². The van der Waals surface area contributed by atoms with Crippen molar-refractivity contribution < 1.29 is 24.5 Å². The van der Waals surface area contributed by atoms with Crippen LogP contribution in [0.25, 0.3) is 0 Å². The SMILES string of the molecule is CC(COCC(C)(C)S)CC(=O)CCC(Cc1ccc(O)cc1)C(=O)O. The number of carbonyl (C=O) groups is 2. The zero-order valence-electron chi connectivity index (χ0n) is 15.8. The van der Waals surface area contributed by atoms with Crippen molar-refractivity contribution in [3.8, 4) is 5.75 Å². The molecule has 0 fully saturated rings. The van der Waals surface area contributed by atoms with Crippen molar-refractivity contribution in [1.29, 1.82) is 0 Å². The van der Waals surface area contributed by atoms with E-state index in [-0.39, 0.29) is 28.6 Å². The highest BCUT2D eigenvalue weighted by molar-refractivity contribution is 7.81. The number of aromatic hydroxyl groups is 1. The molecule has 26 heavy (non-hydrogen) atoms. The number of aliphatic carboxylic acids is 1. The summed E-state index contributed by atoms with van der Waals surface area (Å²) >= 11 is 4.39. The summed E-state index contributed by atoms with van der Waals surface area (Å²) in [5.74, 6) is -1.21. The normalized spacial score (nSPS) is 14.0. The molecule has 5 nitrogen and oxygen atoms in total. The van der Waals surface area contributed by atoms with Crippen LogP contribution in [-0.4, -0.2) is 39.9 Å². The number of Topliss-reactive ketones (excluding diaryl/α,β-unsaturated/α-hetero) is 1. The maximum Gasteiger partial charge on any atom is 0.306 e. The van der Waals surface area contributed by atoms with Crippen molar-refractivity contribution >= 4 is 24.4 Å². The zero-order valence-corrected chi connectivity index (χ0v) is 16.7. The molecule has 0 radical (unpaired) electrons. The maximum atomic E-state index is 12.1. The van der Waals surface area contributed by atoms with Crippen molar-refractivity contribution in [2.75, 3.05) is 13.2 Å². The minimum absolute atomic E-state index is 0.0585. The number of rotatable bonds is 12. The maximum absolute atomic E-state index is 12.1. The molecule has 1 aromatic carbocycles. The van der Waals surface area contributed by atoms with E-state index in [0.717, 1.165) is 5.56 Å².